The molecular weight excluding hydrogens is 253 g/mol. The minimum absolute atomic E-state index is 0.139. The normalized spacial score (nSPS) is 18.9. The maximum atomic E-state index is 12.5. The molecule has 0 aliphatic heterocycles. The number of carbonyl (C=O) groups is 2. The standard InChI is InChI=1S/C10H15F3N2O3/c1-2-6(5-7(16)17)14-8(18)15-9(3-4-9)10(11,12)13/h6H,2-5H2,1H3,(H,16,17)(H2,14,15,18). The van der Waals surface area contributed by atoms with Gasteiger partial charge in [-0.25, -0.2) is 4.79 Å². The Balaban J connectivity index is 2.49. The number of nitrogens with one attached hydrogen (secondary N) is 2. The van der Waals surface area contributed by atoms with Crippen molar-refractivity contribution >= 4 is 12.0 Å². The average Bonchev–Trinajstić information content (AvgIpc) is 2.95. The van der Waals surface area contributed by atoms with Gasteiger partial charge in [0, 0.05) is 6.04 Å². The van der Waals surface area contributed by atoms with Crippen molar-refractivity contribution < 1.29 is 27.9 Å². The van der Waals surface area contributed by atoms with Gasteiger partial charge in [-0.1, -0.05) is 6.92 Å². The van der Waals surface area contributed by atoms with Gasteiger partial charge in [0.05, 0.1) is 6.42 Å². The van der Waals surface area contributed by atoms with E-state index in [0.717, 1.165) is 0 Å². The third-order valence-electron chi connectivity index (χ3n) is 2.89. The van der Waals surface area contributed by atoms with Gasteiger partial charge in [-0.15, -0.1) is 0 Å². The lowest BCUT2D eigenvalue weighted by Gasteiger charge is -2.23. The lowest BCUT2D eigenvalue weighted by atomic mass is 10.1. The van der Waals surface area contributed by atoms with Gasteiger partial charge in [0.2, 0.25) is 0 Å². The number of alkyl halides is 3. The quantitative estimate of drug-likeness (QED) is 0.709. The molecule has 0 heterocycles. The molecule has 1 aliphatic carbocycles. The molecule has 0 saturated heterocycles. The summed E-state index contributed by atoms with van der Waals surface area (Å²) in [7, 11) is 0. The fourth-order valence-electron chi connectivity index (χ4n) is 1.55. The third-order valence-corrected chi connectivity index (χ3v) is 2.89. The van der Waals surface area contributed by atoms with E-state index in [1.165, 1.54) is 0 Å². The number of halogens is 3. The summed E-state index contributed by atoms with van der Waals surface area (Å²) in [5.41, 5.74) is -2.13. The fraction of sp³-hybridized carbons (Fsp3) is 0.800. The van der Waals surface area contributed by atoms with Gasteiger partial charge in [0.1, 0.15) is 5.54 Å². The summed E-state index contributed by atoms with van der Waals surface area (Å²) in [6, 6.07) is -1.65. The Morgan fingerprint density at radius 3 is 2.28 bits per heavy atom. The first-order valence-corrected chi connectivity index (χ1v) is 5.57. The van der Waals surface area contributed by atoms with Crippen LogP contribution in [-0.4, -0.2) is 34.9 Å². The zero-order valence-corrected chi connectivity index (χ0v) is 9.80. The SMILES string of the molecule is CCC(CC(=O)O)NC(=O)NC1(C(F)(F)F)CC1. The summed E-state index contributed by atoms with van der Waals surface area (Å²) < 4.78 is 37.6. The zero-order valence-electron chi connectivity index (χ0n) is 9.80. The van der Waals surface area contributed by atoms with Crippen LogP contribution in [0.3, 0.4) is 0 Å². The van der Waals surface area contributed by atoms with Crippen molar-refractivity contribution in [3.8, 4) is 0 Å². The highest BCUT2D eigenvalue weighted by atomic mass is 19.4. The molecule has 0 spiro atoms. The molecule has 18 heavy (non-hydrogen) atoms. The Morgan fingerprint density at radius 2 is 1.94 bits per heavy atom. The Bertz CT molecular complexity index is 340. The van der Waals surface area contributed by atoms with Gasteiger partial charge in [0.25, 0.3) is 0 Å². The summed E-state index contributed by atoms with van der Waals surface area (Å²) in [4.78, 5) is 21.8. The molecule has 0 aromatic heterocycles. The van der Waals surface area contributed by atoms with E-state index in [0.29, 0.717) is 6.42 Å². The first kappa shape index (κ1) is 14.6. The van der Waals surface area contributed by atoms with Gasteiger partial charge in [-0.3, -0.25) is 4.79 Å². The molecule has 1 rings (SSSR count). The number of amides is 2. The van der Waals surface area contributed by atoms with E-state index in [-0.39, 0.29) is 19.3 Å². The van der Waals surface area contributed by atoms with Crippen molar-refractivity contribution in [1.82, 2.24) is 10.6 Å². The summed E-state index contributed by atoms with van der Waals surface area (Å²) in [5, 5.41) is 12.7. The highest BCUT2D eigenvalue weighted by Crippen LogP contribution is 2.48. The van der Waals surface area contributed by atoms with Crippen LogP contribution in [0.25, 0.3) is 0 Å². The van der Waals surface area contributed by atoms with Crippen LogP contribution in [0.4, 0.5) is 18.0 Å². The molecule has 0 bridgehead atoms. The topological polar surface area (TPSA) is 78.4 Å². The van der Waals surface area contributed by atoms with Crippen LogP contribution < -0.4 is 10.6 Å². The highest BCUT2D eigenvalue weighted by molar-refractivity contribution is 5.77. The van der Waals surface area contributed by atoms with E-state index < -0.39 is 29.8 Å². The second kappa shape index (κ2) is 5.03. The van der Waals surface area contributed by atoms with Crippen LogP contribution in [0.15, 0.2) is 0 Å². The van der Waals surface area contributed by atoms with Crippen LogP contribution in [0.2, 0.25) is 0 Å². The number of hydrogen-bond donors (Lipinski definition) is 3. The summed E-state index contributed by atoms with van der Waals surface area (Å²) in [5.74, 6) is -1.11. The lowest BCUT2D eigenvalue weighted by molar-refractivity contribution is -0.162. The van der Waals surface area contributed by atoms with Crippen LogP contribution in [0, 0.1) is 0 Å². The molecule has 0 aromatic carbocycles. The highest BCUT2D eigenvalue weighted by Gasteiger charge is 2.64. The summed E-state index contributed by atoms with van der Waals surface area (Å²) in [6.45, 7) is 1.64. The van der Waals surface area contributed by atoms with Crippen molar-refractivity contribution in [3.63, 3.8) is 0 Å². The Hall–Kier alpha value is -1.47. The van der Waals surface area contributed by atoms with Crippen LogP contribution in [0.5, 0.6) is 0 Å². The van der Waals surface area contributed by atoms with Gasteiger partial charge in [-0.05, 0) is 19.3 Å². The van der Waals surface area contributed by atoms with Gasteiger partial charge in [0.15, 0.2) is 0 Å². The van der Waals surface area contributed by atoms with Gasteiger partial charge < -0.3 is 15.7 Å². The smallest absolute Gasteiger partial charge is 0.411 e. The molecule has 2 amide bonds. The molecule has 1 aliphatic rings. The van der Waals surface area contributed by atoms with E-state index >= 15 is 0 Å². The fourth-order valence-corrected chi connectivity index (χ4v) is 1.55. The Kier molecular flexibility index (Phi) is 4.08. The summed E-state index contributed by atoms with van der Waals surface area (Å²) >= 11 is 0. The van der Waals surface area contributed by atoms with E-state index in [1.54, 1.807) is 6.92 Å². The minimum Gasteiger partial charge on any atom is -0.481 e. The van der Waals surface area contributed by atoms with Crippen molar-refractivity contribution in [2.45, 2.75) is 50.4 Å². The van der Waals surface area contributed by atoms with Gasteiger partial charge >= 0.3 is 18.2 Å². The van der Waals surface area contributed by atoms with Crippen molar-refractivity contribution in [2.24, 2.45) is 0 Å². The van der Waals surface area contributed by atoms with Crippen LogP contribution in [-0.2, 0) is 4.79 Å². The molecule has 104 valence electrons. The molecule has 0 radical (unpaired) electrons. The predicted molar refractivity (Wildman–Crippen MR) is 56.0 cm³/mol. The molecule has 1 unspecified atom stereocenters. The molecule has 1 atom stereocenters. The molecule has 1 saturated carbocycles. The van der Waals surface area contributed by atoms with Gasteiger partial charge in [-0.2, -0.15) is 13.2 Å². The average molecular weight is 268 g/mol. The van der Waals surface area contributed by atoms with Crippen LogP contribution >= 0.6 is 0 Å². The number of carboxylic acid groups (broad SMARTS) is 1. The molecule has 1 fully saturated rings. The lowest BCUT2D eigenvalue weighted by Crippen LogP contribution is -2.53. The Morgan fingerprint density at radius 1 is 1.39 bits per heavy atom. The molecule has 5 nitrogen and oxygen atoms in total. The van der Waals surface area contributed by atoms with E-state index in [9.17, 15) is 22.8 Å². The number of hydrogen-bond acceptors (Lipinski definition) is 2. The maximum absolute atomic E-state index is 12.5. The molecule has 8 heteroatoms. The Labute approximate surface area is 102 Å². The molecule has 3 N–H and O–H groups in total. The van der Waals surface area contributed by atoms with E-state index in [4.69, 9.17) is 5.11 Å². The van der Waals surface area contributed by atoms with Crippen molar-refractivity contribution in [1.29, 1.82) is 0 Å². The minimum atomic E-state index is -4.47. The number of carboxylic acids is 1. The van der Waals surface area contributed by atoms with Crippen LogP contribution in [0.1, 0.15) is 32.6 Å². The van der Waals surface area contributed by atoms with E-state index in [2.05, 4.69) is 5.32 Å². The summed E-state index contributed by atoms with van der Waals surface area (Å²) in [6.07, 6.45) is -4.74. The predicted octanol–water partition coefficient (Wildman–Crippen LogP) is 1.63. The monoisotopic (exact) mass is 268 g/mol. The number of carbonyl (C=O) groups excluding carboxylic acids is 1. The van der Waals surface area contributed by atoms with Crippen molar-refractivity contribution in [2.75, 3.05) is 0 Å². The number of urea groups is 1. The second-order valence-corrected chi connectivity index (χ2v) is 4.38. The second-order valence-electron chi connectivity index (χ2n) is 4.38. The zero-order chi connectivity index (χ0) is 14.0. The maximum Gasteiger partial charge on any atom is 0.411 e. The first-order chi connectivity index (χ1) is 8.20. The van der Waals surface area contributed by atoms with Crippen molar-refractivity contribution in [3.05, 3.63) is 0 Å². The molecular formula is C10H15F3N2O3. The van der Waals surface area contributed by atoms with E-state index in [1.807, 2.05) is 5.32 Å². The third kappa shape index (κ3) is 3.51. The molecule has 0 aromatic rings. The number of rotatable bonds is 5. The largest absolute Gasteiger partial charge is 0.481 e. The number of aliphatic carboxylic acids is 1. The first-order valence-electron chi connectivity index (χ1n) is 5.57.